The molecular weight excluding hydrogens is 770 g/mol. The number of aromatic nitrogens is 3. The number of nitrogens with zero attached hydrogens (tertiary/aromatic N) is 5. The van der Waals surface area contributed by atoms with Gasteiger partial charge < -0.3 is 19.1 Å². The second-order valence-electron chi connectivity index (χ2n) is 11.2. The van der Waals surface area contributed by atoms with Gasteiger partial charge in [0.2, 0.25) is 0 Å². The molecule has 0 radical (unpaired) electrons. The van der Waals surface area contributed by atoms with E-state index in [1.165, 1.54) is 21.8 Å². The van der Waals surface area contributed by atoms with Gasteiger partial charge in [-0.15, -0.1) is 52.7 Å². The van der Waals surface area contributed by atoms with Crippen LogP contribution in [0.1, 0.15) is 4.88 Å². The Kier molecular flexibility index (Phi) is 6.97. The van der Waals surface area contributed by atoms with E-state index in [2.05, 4.69) is 142 Å². The number of benzene rings is 5. The van der Waals surface area contributed by atoms with E-state index >= 15 is 0 Å². The van der Waals surface area contributed by atoms with E-state index in [1.807, 2.05) is 30.5 Å². The van der Waals surface area contributed by atoms with Crippen LogP contribution < -0.4 is 9.64 Å². The van der Waals surface area contributed by atoms with Crippen molar-refractivity contribution < 1.29 is 25.8 Å². The Morgan fingerprint density at radius 2 is 1.33 bits per heavy atom. The molecule has 0 fully saturated rings. The van der Waals surface area contributed by atoms with Crippen molar-refractivity contribution in [2.75, 3.05) is 11.9 Å². The summed E-state index contributed by atoms with van der Waals surface area (Å²) < 4.78 is 10.9. The molecule has 228 valence electrons. The first-order valence-corrected chi connectivity index (χ1v) is 15.6. The standard InChI is InChI=1S/C38H26N5OS.Pt/c1-25-22-39-38(45-25)43-35-17-8-5-14-31(35)32-19-18-28(21-36(32)43)44-27-11-9-10-26(20-27)41-23-37(40(2)24-41)42-33-15-6-3-12-29(33)30-13-4-7-16-34(30)42;/h3-19,22-24H,1-2H3;/q-3;. The van der Waals surface area contributed by atoms with Gasteiger partial charge in [0.25, 0.3) is 0 Å². The normalized spacial score (nSPS) is 13.2. The fourth-order valence-corrected chi connectivity index (χ4v) is 7.13. The van der Waals surface area contributed by atoms with Gasteiger partial charge in [0.05, 0.1) is 16.9 Å². The minimum atomic E-state index is 0. The van der Waals surface area contributed by atoms with Gasteiger partial charge in [-0.3, -0.25) is 4.57 Å². The predicted octanol–water partition coefficient (Wildman–Crippen LogP) is 9.37. The number of hydrogen-bond acceptors (Lipinski definition) is 5. The van der Waals surface area contributed by atoms with E-state index in [0.717, 1.165) is 43.3 Å². The Balaban J connectivity index is 0.00000312. The molecule has 0 saturated heterocycles. The average Bonchev–Trinajstić information content (AvgIpc) is 3.83. The fraction of sp³-hybridized carbons (Fsp3) is 0.0526. The van der Waals surface area contributed by atoms with Crippen molar-refractivity contribution in [3.63, 3.8) is 0 Å². The zero-order chi connectivity index (χ0) is 30.1. The van der Waals surface area contributed by atoms with Gasteiger partial charge in [0.1, 0.15) is 0 Å². The maximum atomic E-state index is 6.40. The molecule has 1 aliphatic heterocycles. The molecule has 0 amide bonds. The molecule has 0 spiro atoms. The first-order chi connectivity index (χ1) is 22.1. The Labute approximate surface area is 284 Å². The van der Waals surface area contributed by atoms with Gasteiger partial charge in [-0.2, -0.15) is 18.8 Å². The summed E-state index contributed by atoms with van der Waals surface area (Å²) in [4.78, 5) is 10.1. The Bertz CT molecular complexity index is 2400. The average molecular weight is 796 g/mol. The second kappa shape index (κ2) is 11.2. The third kappa shape index (κ3) is 4.53. The molecule has 0 atom stereocenters. The van der Waals surface area contributed by atoms with E-state index in [1.54, 1.807) is 11.3 Å². The molecule has 8 aromatic rings. The van der Waals surface area contributed by atoms with Crippen LogP contribution in [0.3, 0.4) is 0 Å². The number of anilines is 1. The molecule has 4 heterocycles. The van der Waals surface area contributed by atoms with Crippen LogP contribution in [0.2, 0.25) is 0 Å². The summed E-state index contributed by atoms with van der Waals surface area (Å²) in [6, 6.07) is 42.6. The molecule has 0 N–H and O–H groups in total. The van der Waals surface area contributed by atoms with Gasteiger partial charge in [0, 0.05) is 66.1 Å². The van der Waals surface area contributed by atoms with Crippen LogP contribution >= 0.6 is 11.3 Å². The van der Waals surface area contributed by atoms with Gasteiger partial charge in [-0.25, -0.2) is 4.98 Å². The van der Waals surface area contributed by atoms with E-state index in [4.69, 9.17) is 4.74 Å². The summed E-state index contributed by atoms with van der Waals surface area (Å²) >= 11 is 1.67. The minimum Gasteiger partial charge on any atom is -0.509 e. The van der Waals surface area contributed by atoms with Gasteiger partial charge in [-0.05, 0) is 37.6 Å². The van der Waals surface area contributed by atoms with E-state index in [0.29, 0.717) is 11.5 Å². The van der Waals surface area contributed by atoms with Crippen LogP contribution in [-0.4, -0.2) is 26.1 Å². The third-order valence-corrected chi connectivity index (χ3v) is 9.23. The molecule has 0 bridgehead atoms. The van der Waals surface area contributed by atoms with Crippen molar-refractivity contribution in [3.05, 3.63) is 139 Å². The maximum absolute atomic E-state index is 6.40. The summed E-state index contributed by atoms with van der Waals surface area (Å²) in [5.74, 6) is 2.29. The third-order valence-electron chi connectivity index (χ3n) is 8.33. The first-order valence-electron chi connectivity index (χ1n) is 14.8. The van der Waals surface area contributed by atoms with Crippen molar-refractivity contribution in [1.82, 2.24) is 19.0 Å². The molecule has 0 unspecified atom stereocenters. The molecular formula is C38H26N5OPtS-3. The number of ether oxygens (including phenoxy) is 1. The Morgan fingerprint density at radius 1 is 0.696 bits per heavy atom. The van der Waals surface area contributed by atoms with Crippen LogP contribution in [0.25, 0.3) is 54.6 Å². The number of rotatable bonds is 5. The van der Waals surface area contributed by atoms with Gasteiger partial charge in [0.15, 0.2) is 5.13 Å². The fourth-order valence-electron chi connectivity index (χ4n) is 6.35. The number of aryl methyl sites for hydroxylation is 1. The molecule has 9 rings (SSSR count). The minimum absolute atomic E-state index is 0. The smallest absolute Gasteiger partial charge is 0.192 e. The van der Waals surface area contributed by atoms with Crippen molar-refractivity contribution in [1.29, 1.82) is 0 Å². The number of para-hydroxylation sites is 3. The van der Waals surface area contributed by atoms with Crippen LogP contribution in [0.5, 0.6) is 11.5 Å². The summed E-state index contributed by atoms with van der Waals surface area (Å²) in [7, 11) is 2.07. The quantitative estimate of drug-likeness (QED) is 0.163. The monoisotopic (exact) mass is 795 g/mol. The number of hydrogen-bond donors (Lipinski definition) is 0. The Hall–Kier alpha value is -4.84. The summed E-state index contributed by atoms with van der Waals surface area (Å²) in [6.45, 7) is 4.15. The van der Waals surface area contributed by atoms with Gasteiger partial charge >= 0.3 is 0 Å². The molecule has 6 nitrogen and oxygen atoms in total. The largest absolute Gasteiger partial charge is 0.509 e. The molecule has 5 aromatic carbocycles. The van der Waals surface area contributed by atoms with Crippen molar-refractivity contribution in [2.45, 2.75) is 6.92 Å². The van der Waals surface area contributed by atoms with E-state index < -0.39 is 0 Å². The maximum Gasteiger partial charge on any atom is 0.192 e. The van der Waals surface area contributed by atoms with Crippen LogP contribution in [0.4, 0.5) is 5.69 Å². The summed E-state index contributed by atoms with van der Waals surface area (Å²) in [5.41, 5.74) is 5.26. The molecule has 3 aromatic heterocycles. The van der Waals surface area contributed by atoms with Crippen molar-refractivity contribution in [3.8, 4) is 16.6 Å². The first kappa shape index (κ1) is 28.6. The summed E-state index contributed by atoms with van der Waals surface area (Å²) in [6.07, 6.45) is 4.05. The SMILES string of the molecule is Cc1cnc(-n2c3[c-]c(Oc4[c-]c(N5C=C(n6c7ccccc7c7ccccc76)N(C)[CH-]5)ccc4)ccc3c3ccccc32)s1.[Pt]. The molecule has 0 saturated carbocycles. The topological polar surface area (TPSA) is 38.5 Å². The van der Waals surface area contributed by atoms with Crippen LogP contribution in [0, 0.1) is 25.7 Å². The van der Waals surface area contributed by atoms with Gasteiger partial charge in [-0.1, -0.05) is 60.1 Å². The Morgan fingerprint density at radius 3 is 2.00 bits per heavy atom. The van der Waals surface area contributed by atoms with Crippen molar-refractivity contribution >= 4 is 66.5 Å². The second-order valence-corrected chi connectivity index (χ2v) is 12.4. The number of thiazole rings is 1. The molecule has 46 heavy (non-hydrogen) atoms. The van der Waals surface area contributed by atoms with Crippen LogP contribution in [-0.2, 0) is 21.1 Å². The predicted molar refractivity (Wildman–Crippen MR) is 184 cm³/mol. The van der Waals surface area contributed by atoms with E-state index in [9.17, 15) is 0 Å². The molecule has 8 heteroatoms. The molecule has 1 aliphatic rings. The zero-order valence-electron chi connectivity index (χ0n) is 24.9. The summed E-state index contributed by atoms with van der Waals surface area (Å²) in [5, 5.41) is 5.66. The molecule has 0 aliphatic carbocycles. The van der Waals surface area contributed by atoms with Crippen molar-refractivity contribution in [2.24, 2.45) is 0 Å². The number of fused-ring (bicyclic) bond motifs is 6. The van der Waals surface area contributed by atoms with E-state index in [-0.39, 0.29) is 21.1 Å². The van der Waals surface area contributed by atoms with Crippen LogP contribution in [0.15, 0.2) is 116 Å². The zero-order valence-corrected chi connectivity index (χ0v) is 28.0.